The lowest BCUT2D eigenvalue weighted by Gasteiger charge is -2.40. The zero-order valence-corrected chi connectivity index (χ0v) is 33.4. The number of amides is 1. The molecule has 3 rings (SSSR count). The first-order chi connectivity index (χ1) is 23.7. The molecular weight excluding hydrogens is 651 g/mol. The Labute approximate surface area is 303 Å². The number of benzene rings is 1. The van der Waals surface area contributed by atoms with Gasteiger partial charge in [-0.25, -0.2) is 4.79 Å². The van der Waals surface area contributed by atoms with Gasteiger partial charge in [-0.3, -0.25) is 4.79 Å². The second-order valence-corrected chi connectivity index (χ2v) is 20.3. The smallest absolute Gasteiger partial charge is 0.329 e. The third-order valence-corrected chi connectivity index (χ3v) is 15.5. The van der Waals surface area contributed by atoms with E-state index < -0.39 is 20.3 Å². The summed E-state index contributed by atoms with van der Waals surface area (Å²) in [5.74, 6) is 0.668. The first-order valence-corrected chi connectivity index (χ1v) is 21.5. The first-order valence-electron chi connectivity index (χ1n) is 18.6. The number of hydrogen-bond acceptors (Lipinski definition) is 8. The fourth-order valence-electron chi connectivity index (χ4n) is 6.68. The maximum Gasteiger partial charge on any atom is 0.329 e. The molecule has 0 unspecified atom stereocenters. The highest BCUT2D eigenvalue weighted by Gasteiger charge is 2.42. The number of piperidine rings is 1. The van der Waals surface area contributed by atoms with E-state index in [1.54, 1.807) is 31.3 Å². The van der Waals surface area contributed by atoms with Gasteiger partial charge in [0.2, 0.25) is 11.7 Å². The van der Waals surface area contributed by atoms with Gasteiger partial charge < -0.3 is 33.0 Å². The van der Waals surface area contributed by atoms with Crippen molar-refractivity contribution in [2.75, 3.05) is 40.6 Å². The van der Waals surface area contributed by atoms with E-state index in [0.717, 1.165) is 50.5 Å². The molecule has 9 nitrogen and oxygen atoms in total. The van der Waals surface area contributed by atoms with Gasteiger partial charge in [-0.1, -0.05) is 59.1 Å². The minimum Gasteiger partial charge on any atom is -0.493 e. The van der Waals surface area contributed by atoms with E-state index in [-0.39, 0.29) is 47.6 Å². The summed E-state index contributed by atoms with van der Waals surface area (Å²) in [5, 5.41) is -0.00122. The Morgan fingerprint density at radius 1 is 0.960 bits per heavy atom. The number of esters is 1. The molecule has 50 heavy (non-hydrogen) atoms. The van der Waals surface area contributed by atoms with Gasteiger partial charge in [0.05, 0.1) is 33.4 Å². The second kappa shape index (κ2) is 19.1. The lowest BCUT2D eigenvalue weighted by atomic mass is 9.75. The fourth-order valence-corrected chi connectivity index (χ4v) is 8.00. The number of methoxy groups -OCH3 is 2. The Bertz CT molecular complexity index is 1270. The second-order valence-electron chi connectivity index (χ2n) is 15.5. The molecule has 1 amide bonds. The first kappa shape index (κ1) is 41.6. The van der Waals surface area contributed by atoms with Crippen LogP contribution in [-0.4, -0.2) is 83.9 Å². The zero-order chi connectivity index (χ0) is 37.1. The summed E-state index contributed by atoms with van der Waals surface area (Å²) in [7, 11) is 1.02. The normalized spacial score (nSPS) is 19.9. The molecule has 0 aromatic heterocycles. The summed E-state index contributed by atoms with van der Waals surface area (Å²) in [4.78, 5) is 30.2. The molecule has 1 aromatic carbocycles. The fraction of sp³-hybridized carbons (Fsp3) is 0.700. The summed E-state index contributed by atoms with van der Waals surface area (Å²) in [5.41, 5.74) is 0.797. The number of carbonyl (C=O) groups is 2. The highest BCUT2D eigenvalue weighted by atomic mass is 28.4. The average Bonchev–Trinajstić information content (AvgIpc) is 3.09. The number of carbonyl (C=O) groups excluding carboxylic acids is 2. The zero-order valence-electron chi connectivity index (χ0n) is 32.4. The van der Waals surface area contributed by atoms with Gasteiger partial charge in [0.1, 0.15) is 24.9 Å². The van der Waals surface area contributed by atoms with Crippen LogP contribution in [0.2, 0.25) is 18.1 Å². The van der Waals surface area contributed by atoms with Gasteiger partial charge in [-0.2, -0.15) is 0 Å². The quantitative estimate of drug-likeness (QED) is 0.0647. The molecule has 2 aliphatic rings. The maximum atomic E-state index is 14.9. The van der Waals surface area contributed by atoms with Crippen molar-refractivity contribution in [1.29, 1.82) is 0 Å². The van der Waals surface area contributed by atoms with Crippen LogP contribution in [0.15, 0.2) is 37.4 Å². The van der Waals surface area contributed by atoms with Crippen molar-refractivity contribution in [3.05, 3.63) is 43.0 Å². The van der Waals surface area contributed by atoms with Crippen molar-refractivity contribution in [3.8, 4) is 17.2 Å². The minimum atomic E-state index is -2.16. The van der Waals surface area contributed by atoms with Crippen LogP contribution in [0.5, 0.6) is 17.2 Å². The summed E-state index contributed by atoms with van der Waals surface area (Å²) < 4.78 is 36.7. The van der Waals surface area contributed by atoms with Crippen molar-refractivity contribution in [2.24, 2.45) is 11.8 Å². The summed E-state index contributed by atoms with van der Waals surface area (Å²) in [6.07, 6.45) is 10.3. The van der Waals surface area contributed by atoms with Crippen LogP contribution in [0, 0.1) is 11.8 Å². The number of hydrogen-bond donors (Lipinski definition) is 0. The highest BCUT2D eigenvalue weighted by molar-refractivity contribution is 6.74. The molecule has 1 saturated carbocycles. The van der Waals surface area contributed by atoms with Gasteiger partial charge in [0, 0.05) is 12.5 Å². The Morgan fingerprint density at radius 3 is 2.22 bits per heavy atom. The van der Waals surface area contributed by atoms with Gasteiger partial charge in [0.15, 0.2) is 19.8 Å². The van der Waals surface area contributed by atoms with Crippen LogP contribution >= 0.6 is 0 Å². The van der Waals surface area contributed by atoms with Gasteiger partial charge >= 0.3 is 5.97 Å². The lowest BCUT2D eigenvalue weighted by Crippen LogP contribution is -2.51. The number of nitrogens with zero attached hydrogens (tertiary/aromatic N) is 1. The van der Waals surface area contributed by atoms with E-state index in [0.29, 0.717) is 43.4 Å². The van der Waals surface area contributed by atoms with Crippen LogP contribution in [0.25, 0.3) is 0 Å². The Balaban J connectivity index is 2.02. The van der Waals surface area contributed by atoms with Crippen molar-refractivity contribution >= 4 is 20.2 Å². The number of ether oxygens (including phenoxy) is 5. The molecule has 1 heterocycles. The van der Waals surface area contributed by atoms with Crippen LogP contribution in [0.3, 0.4) is 0 Å². The van der Waals surface area contributed by atoms with Crippen LogP contribution in [0.1, 0.15) is 97.5 Å². The number of rotatable bonds is 18. The Hall–Kier alpha value is -2.82. The summed E-state index contributed by atoms with van der Waals surface area (Å²) >= 11 is 0. The Kier molecular flexibility index (Phi) is 15.9. The maximum absolute atomic E-state index is 14.9. The van der Waals surface area contributed by atoms with E-state index in [4.69, 9.17) is 28.1 Å². The molecule has 10 heteroatoms. The SMILES string of the molecule is C=CCOC[C@@H](COc1cc([C@@H](C(=O)N2CCCC[C@H]2C(=O)O[C@H](C)[C@@H](C)C=C)C2CCCCC2)cc(OC)c1OC)O[Si](C)(C)C(C)(C)C. The molecule has 5 atom stereocenters. The molecule has 1 aliphatic carbocycles. The molecular formula is C40H65NO8Si. The molecule has 0 bridgehead atoms. The monoisotopic (exact) mass is 715 g/mol. The van der Waals surface area contributed by atoms with E-state index in [9.17, 15) is 9.59 Å². The van der Waals surface area contributed by atoms with Gasteiger partial charge in [-0.05, 0) is 80.8 Å². The predicted octanol–water partition coefficient (Wildman–Crippen LogP) is 8.47. The molecule has 0 radical (unpaired) electrons. The highest BCUT2D eigenvalue weighted by Crippen LogP contribution is 2.45. The average molecular weight is 716 g/mol. The van der Waals surface area contributed by atoms with Crippen LogP contribution in [0.4, 0.5) is 0 Å². The third kappa shape index (κ3) is 10.8. The minimum absolute atomic E-state index is 0.00122. The lowest BCUT2D eigenvalue weighted by molar-refractivity contribution is -0.163. The standard InChI is InChI=1S/C40H65NO8Si/c1-12-23-46-26-32(49-50(10,11)40(5,6)7)27-47-35-25-31(24-34(44-8)37(35)45-9)36(30-19-15-14-16-20-30)38(42)41-22-18-17-21-33(41)39(43)48-29(4)28(3)13-2/h12-13,24-25,28-30,32-33,36H,1-2,14-23,26-27H2,3-11H3/t28-,29+,32-,33-,36-/m0/s1. The molecule has 282 valence electrons. The van der Waals surface area contributed by atoms with Gasteiger partial charge in [-0.15, -0.1) is 13.2 Å². The third-order valence-electron chi connectivity index (χ3n) is 10.9. The summed E-state index contributed by atoms with van der Waals surface area (Å²) in [6, 6.07) is 3.21. The van der Waals surface area contributed by atoms with Crippen molar-refractivity contribution in [3.63, 3.8) is 0 Å². The largest absolute Gasteiger partial charge is 0.493 e. The molecule has 1 aromatic rings. The van der Waals surface area contributed by atoms with Crippen LogP contribution in [-0.2, 0) is 23.5 Å². The van der Waals surface area contributed by atoms with Crippen molar-refractivity contribution in [2.45, 2.75) is 128 Å². The number of likely N-dealkylation sites (tertiary alicyclic amines) is 1. The summed E-state index contributed by atoms with van der Waals surface area (Å²) in [6.45, 7) is 24.0. The van der Waals surface area contributed by atoms with E-state index >= 15 is 0 Å². The molecule has 2 fully saturated rings. The molecule has 1 aliphatic heterocycles. The van der Waals surface area contributed by atoms with E-state index in [2.05, 4.69) is 47.0 Å². The van der Waals surface area contributed by atoms with Crippen molar-refractivity contribution < 1.29 is 37.7 Å². The predicted molar refractivity (Wildman–Crippen MR) is 202 cm³/mol. The van der Waals surface area contributed by atoms with Crippen molar-refractivity contribution in [1.82, 2.24) is 4.90 Å². The van der Waals surface area contributed by atoms with Crippen LogP contribution < -0.4 is 14.2 Å². The van der Waals surface area contributed by atoms with E-state index in [1.807, 2.05) is 26.0 Å². The molecule has 0 N–H and O–H groups in total. The molecule has 0 spiro atoms. The topological polar surface area (TPSA) is 92.8 Å². The Morgan fingerprint density at radius 2 is 1.62 bits per heavy atom. The molecule has 1 saturated heterocycles. The van der Waals surface area contributed by atoms with E-state index in [1.165, 1.54) is 0 Å². The van der Waals surface area contributed by atoms with Gasteiger partial charge in [0.25, 0.3) is 0 Å².